The van der Waals surface area contributed by atoms with E-state index in [1.54, 1.807) is 0 Å². The highest BCUT2D eigenvalue weighted by molar-refractivity contribution is 6.99. The van der Waals surface area contributed by atoms with Gasteiger partial charge in [-0.2, -0.15) is 0 Å². The summed E-state index contributed by atoms with van der Waals surface area (Å²) in [5.41, 5.74) is 0. The zero-order valence-corrected chi connectivity index (χ0v) is 15.8. The van der Waals surface area contributed by atoms with Crippen LogP contribution in [0.5, 0.6) is 0 Å². The molecule has 2 rings (SSSR count). The molecule has 2 aromatic rings. The molecule has 0 bridgehead atoms. The predicted octanol–water partition coefficient (Wildman–Crippen LogP) is 3.21. The van der Waals surface area contributed by atoms with Crippen molar-refractivity contribution in [2.24, 2.45) is 0 Å². The summed E-state index contributed by atoms with van der Waals surface area (Å²) in [6, 6.07) is 21.2. The first-order chi connectivity index (χ1) is 11.5. The Balaban J connectivity index is 2.44. The zero-order chi connectivity index (χ0) is 17.5. The Morgan fingerprint density at radius 1 is 0.875 bits per heavy atom. The first-order valence-electron chi connectivity index (χ1n) is 8.28. The van der Waals surface area contributed by atoms with Gasteiger partial charge in [0.2, 0.25) is 0 Å². The Morgan fingerprint density at radius 2 is 1.38 bits per heavy atom. The minimum absolute atomic E-state index is 0.0121. The molecule has 126 valence electrons. The van der Waals surface area contributed by atoms with Gasteiger partial charge in [0.25, 0.3) is 8.32 Å². The number of terminal acetylenes is 1. The zero-order valence-electron chi connectivity index (χ0n) is 14.8. The molecule has 2 nitrogen and oxygen atoms in total. The van der Waals surface area contributed by atoms with Gasteiger partial charge < -0.3 is 9.16 Å². The van der Waals surface area contributed by atoms with Crippen LogP contribution >= 0.6 is 0 Å². The summed E-state index contributed by atoms with van der Waals surface area (Å²) in [5, 5.41) is 2.54. The van der Waals surface area contributed by atoms with Gasteiger partial charge in [-0.15, -0.1) is 6.42 Å². The van der Waals surface area contributed by atoms with E-state index in [9.17, 15) is 0 Å². The fourth-order valence-electron chi connectivity index (χ4n) is 3.15. The van der Waals surface area contributed by atoms with Crippen LogP contribution in [0, 0.1) is 12.3 Å². The summed E-state index contributed by atoms with van der Waals surface area (Å²) >= 11 is 0. The first-order valence-corrected chi connectivity index (χ1v) is 10.2. The first kappa shape index (κ1) is 18.5. The van der Waals surface area contributed by atoms with Crippen molar-refractivity contribution in [3.63, 3.8) is 0 Å². The van der Waals surface area contributed by atoms with Crippen molar-refractivity contribution in [2.75, 3.05) is 19.8 Å². The molecule has 0 aliphatic carbocycles. The molecule has 0 radical (unpaired) electrons. The Bertz CT molecular complexity index is 614. The maximum absolute atomic E-state index is 6.66. The molecule has 0 unspecified atom stereocenters. The highest BCUT2D eigenvalue weighted by Crippen LogP contribution is 2.36. The van der Waals surface area contributed by atoms with Gasteiger partial charge in [0.15, 0.2) is 0 Å². The summed E-state index contributed by atoms with van der Waals surface area (Å²) in [7, 11) is -2.44. The molecule has 0 saturated carbocycles. The predicted molar refractivity (Wildman–Crippen MR) is 103 cm³/mol. The van der Waals surface area contributed by atoms with Gasteiger partial charge >= 0.3 is 0 Å². The highest BCUT2D eigenvalue weighted by atomic mass is 28.4. The second-order valence-corrected chi connectivity index (χ2v) is 11.1. The van der Waals surface area contributed by atoms with Gasteiger partial charge in [0.1, 0.15) is 6.61 Å². The van der Waals surface area contributed by atoms with Crippen LogP contribution < -0.4 is 10.4 Å². The fourth-order valence-corrected chi connectivity index (χ4v) is 7.69. The molecule has 0 spiro atoms. The molecule has 0 atom stereocenters. The Labute approximate surface area is 147 Å². The molecule has 0 aliphatic rings. The van der Waals surface area contributed by atoms with Crippen LogP contribution in [0.1, 0.15) is 20.8 Å². The van der Waals surface area contributed by atoms with Crippen molar-refractivity contribution in [1.82, 2.24) is 0 Å². The second-order valence-electron chi connectivity index (χ2n) is 6.77. The Morgan fingerprint density at radius 3 is 1.79 bits per heavy atom. The van der Waals surface area contributed by atoms with Gasteiger partial charge in [-0.25, -0.2) is 0 Å². The number of benzene rings is 2. The summed E-state index contributed by atoms with van der Waals surface area (Å²) < 4.78 is 12.1. The van der Waals surface area contributed by atoms with E-state index in [1.807, 2.05) is 12.1 Å². The minimum atomic E-state index is -2.44. The largest absolute Gasteiger partial charge is 0.405 e. The molecule has 0 N–H and O–H groups in total. The topological polar surface area (TPSA) is 18.5 Å². The van der Waals surface area contributed by atoms with Gasteiger partial charge in [0.05, 0.1) is 13.2 Å². The third-order valence-corrected chi connectivity index (χ3v) is 9.19. The maximum atomic E-state index is 6.66. The molecular weight excluding hydrogens is 312 g/mol. The molecule has 2 aromatic carbocycles. The van der Waals surface area contributed by atoms with Crippen molar-refractivity contribution < 1.29 is 9.16 Å². The lowest BCUT2D eigenvalue weighted by Gasteiger charge is -2.43. The SMILES string of the molecule is C#CCOCCO[Si](c1ccccc1)(c1ccccc1)C(C)(C)C. The number of rotatable bonds is 7. The number of hydrogen-bond donors (Lipinski definition) is 0. The third-order valence-electron chi connectivity index (χ3n) is 4.15. The summed E-state index contributed by atoms with van der Waals surface area (Å²) in [5.74, 6) is 2.49. The van der Waals surface area contributed by atoms with E-state index < -0.39 is 8.32 Å². The second kappa shape index (κ2) is 8.30. The van der Waals surface area contributed by atoms with Crippen molar-refractivity contribution >= 4 is 18.7 Å². The quantitative estimate of drug-likeness (QED) is 0.438. The molecule has 24 heavy (non-hydrogen) atoms. The third kappa shape index (κ3) is 3.96. The monoisotopic (exact) mass is 338 g/mol. The molecule has 0 saturated heterocycles. The van der Waals surface area contributed by atoms with Gasteiger partial charge in [-0.05, 0) is 15.4 Å². The van der Waals surface area contributed by atoms with Crippen molar-refractivity contribution in [3.8, 4) is 12.3 Å². The number of hydrogen-bond acceptors (Lipinski definition) is 2. The Kier molecular flexibility index (Phi) is 6.39. The molecule has 0 fully saturated rings. The average molecular weight is 339 g/mol. The fraction of sp³-hybridized carbons (Fsp3) is 0.333. The summed E-state index contributed by atoms with van der Waals surface area (Å²) in [6.07, 6.45) is 5.24. The van der Waals surface area contributed by atoms with Gasteiger partial charge in [-0.1, -0.05) is 87.4 Å². The Hall–Kier alpha value is -1.86. The van der Waals surface area contributed by atoms with E-state index in [1.165, 1.54) is 10.4 Å². The molecular formula is C21H26O2Si. The van der Waals surface area contributed by atoms with E-state index in [-0.39, 0.29) is 5.04 Å². The molecule has 0 aromatic heterocycles. The summed E-state index contributed by atoms with van der Waals surface area (Å²) in [6.45, 7) is 8.16. The molecule has 0 aliphatic heterocycles. The lowest BCUT2D eigenvalue weighted by atomic mass is 10.2. The lowest BCUT2D eigenvalue weighted by Crippen LogP contribution is -2.66. The van der Waals surface area contributed by atoms with E-state index >= 15 is 0 Å². The normalized spacial score (nSPS) is 11.9. The molecule has 0 amide bonds. The van der Waals surface area contributed by atoms with E-state index in [2.05, 4.69) is 75.2 Å². The summed E-state index contributed by atoms with van der Waals surface area (Å²) in [4.78, 5) is 0. The van der Waals surface area contributed by atoms with Gasteiger partial charge in [-0.3, -0.25) is 0 Å². The smallest absolute Gasteiger partial charge is 0.261 e. The van der Waals surface area contributed by atoms with Crippen LogP contribution in [0.15, 0.2) is 60.7 Å². The van der Waals surface area contributed by atoms with Gasteiger partial charge in [0, 0.05) is 0 Å². The highest BCUT2D eigenvalue weighted by Gasteiger charge is 2.49. The van der Waals surface area contributed by atoms with Crippen LogP contribution in [0.3, 0.4) is 0 Å². The van der Waals surface area contributed by atoms with Crippen LogP contribution in [-0.4, -0.2) is 28.1 Å². The van der Waals surface area contributed by atoms with Crippen LogP contribution in [0.4, 0.5) is 0 Å². The van der Waals surface area contributed by atoms with Crippen LogP contribution in [-0.2, 0) is 9.16 Å². The van der Waals surface area contributed by atoms with Crippen LogP contribution in [0.25, 0.3) is 0 Å². The van der Waals surface area contributed by atoms with Crippen LogP contribution in [0.2, 0.25) is 5.04 Å². The van der Waals surface area contributed by atoms with Crippen molar-refractivity contribution in [1.29, 1.82) is 0 Å². The van der Waals surface area contributed by atoms with Crippen molar-refractivity contribution in [2.45, 2.75) is 25.8 Å². The average Bonchev–Trinajstić information content (AvgIpc) is 2.59. The van der Waals surface area contributed by atoms with E-state index in [0.717, 1.165) is 0 Å². The lowest BCUT2D eigenvalue weighted by molar-refractivity contribution is 0.120. The van der Waals surface area contributed by atoms with Crippen molar-refractivity contribution in [3.05, 3.63) is 60.7 Å². The van der Waals surface area contributed by atoms with E-state index in [4.69, 9.17) is 15.6 Å². The molecule has 3 heteroatoms. The molecule has 0 heterocycles. The minimum Gasteiger partial charge on any atom is -0.405 e. The van der Waals surface area contributed by atoms with E-state index in [0.29, 0.717) is 19.8 Å². The standard InChI is InChI=1S/C21H26O2Si/c1-5-16-22-17-18-23-24(21(2,3)4,19-12-8-6-9-13-19)20-14-10-7-11-15-20/h1,6-15H,16-18H2,2-4H3. The number of ether oxygens (including phenoxy) is 1. The maximum Gasteiger partial charge on any atom is 0.261 e.